The molecule has 0 radical (unpaired) electrons. The molecule has 210 valence electrons. The minimum Gasteiger partial charge on any atom is -0.147 e. The second-order valence-corrected chi connectivity index (χ2v) is 16.8. The molecular weight excluding hydrogens is 595 g/mol. The molecule has 0 nitrogen and oxygen atoms in total. The second kappa shape index (κ2) is 11.9. The van der Waals surface area contributed by atoms with Crippen LogP contribution in [0.25, 0.3) is 18.7 Å². The maximum absolute atomic E-state index is 2.74. The first-order valence-electron chi connectivity index (χ1n) is 15.1. The molecule has 0 bridgehead atoms. The van der Waals surface area contributed by atoms with Crippen LogP contribution in [0.5, 0.6) is 0 Å². The van der Waals surface area contributed by atoms with Crippen LogP contribution in [0.2, 0.25) is 0 Å². The first kappa shape index (κ1) is 31.3. The minimum atomic E-state index is -1.05. The average Bonchev–Trinajstić information content (AvgIpc) is 3.33. The van der Waals surface area contributed by atoms with E-state index in [0.29, 0.717) is 0 Å². The molecule has 2 aromatic carbocycles. The van der Waals surface area contributed by atoms with E-state index in [1.807, 2.05) is 6.56 Å². The Hall–Kier alpha value is -0.617. The van der Waals surface area contributed by atoms with Gasteiger partial charge in [-0.05, 0) is 0 Å². The molecule has 0 aromatic heterocycles. The second-order valence-electron chi connectivity index (χ2n) is 13.7. The Balaban J connectivity index is 0.00000176. The number of fused-ring (bicyclic) bond motifs is 2. The fraction of sp³-hybridized carbons (Fsp3) is 0.556. The molecule has 2 saturated carbocycles. The van der Waals surface area contributed by atoms with Crippen molar-refractivity contribution in [3.05, 3.63) is 68.4 Å². The third-order valence-electron chi connectivity index (χ3n) is 11.1. The topological polar surface area (TPSA) is 0 Å². The maximum atomic E-state index is 2.74. The molecular formula is C36H48Cl2Zr. The van der Waals surface area contributed by atoms with Crippen LogP contribution in [0.4, 0.5) is 0 Å². The molecule has 0 heterocycles. The van der Waals surface area contributed by atoms with E-state index < -0.39 is 23.2 Å². The fourth-order valence-corrected chi connectivity index (χ4v) is 14.1. The molecule has 0 saturated heterocycles. The minimum absolute atomic E-state index is 0. The third kappa shape index (κ3) is 5.37. The summed E-state index contributed by atoms with van der Waals surface area (Å²) in [5, 5.41) is 6.39. The molecule has 39 heavy (non-hydrogen) atoms. The summed E-state index contributed by atoms with van der Waals surface area (Å²) in [4.78, 5) is 0. The SMILES string of the molecule is Cc1cccc2c1=[C]([Zr][C]1=c3c(C)cccc3=CC1(C)C1CCC(C)CC1)C(C)(C1CCC(C)CC1)C=2.Cl.Cl. The molecule has 0 spiro atoms. The van der Waals surface area contributed by atoms with Crippen molar-refractivity contribution in [2.24, 2.45) is 34.5 Å². The van der Waals surface area contributed by atoms with Crippen LogP contribution < -0.4 is 20.9 Å². The molecule has 2 atom stereocenters. The van der Waals surface area contributed by atoms with Gasteiger partial charge in [0.2, 0.25) is 0 Å². The molecule has 4 aliphatic carbocycles. The standard InChI is InChI=1S/2C18H23.2ClH.Zr/c2*1-13-7-9-16(10-8-13)18(3)11-15-6-4-5-14(2)17(15)12-18;;;/h2*4-6,11,13,16H,7-10H2,1-3H3;2*1H;. The van der Waals surface area contributed by atoms with E-state index in [9.17, 15) is 0 Å². The Bertz CT molecular complexity index is 1340. The Morgan fingerprint density at radius 3 is 1.31 bits per heavy atom. The zero-order valence-corrected chi connectivity index (χ0v) is 29.0. The number of halogens is 2. The number of rotatable bonds is 4. The summed E-state index contributed by atoms with van der Waals surface area (Å²) in [6.07, 6.45) is 16.7. The van der Waals surface area contributed by atoms with Crippen LogP contribution >= 0.6 is 24.8 Å². The van der Waals surface area contributed by atoms with Gasteiger partial charge in [0.15, 0.2) is 0 Å². The van der Waals surface area contributed by atoms with E-state index in [2.05, 4.69) is 90.1 Å². The van der Waals surface area contributed by atoms with E-state index in [1.54, 1.807) is 10.4 Å². The number of hydrogen-bond donors (Lipinski definition) is 0. The molecule has 2 fully saturated rings. The van der Waals surface area contributed by atoms with E-state index in [1.165, 1.54) is 72.9 Å². The molecule has 2 unspecified atom stereocenters. The van der Waals surface area contributed by atoms with Gasteiger partial charge in [-0.25, -0.2) is 0 Å². The molecule has 0 N–H and O–H groups in total. The molecule has 3 heteroatoms. The van der Waals surface area contributed by atoms with Crippen molar-refractivity contribution in [2.45, 2.75) is 92.9 Å². The predicted molar refractivity (Wildman–Crippen MR) is 170 cm³/mol. The van der Waals surface area contributed by atoms with Crippen LogP contribution in [0.15, 0.2) is 36.4 Å². The van der Waals surface area contributed by atoms with Crippen molar-refractivity contribution >= 4 is 43.5 Å². The Morgan fingerprint density at radius 1 is 0.590 bits per heavy atom. The van der Waals surface area contributed by atoms with E-state index in [0.717, 1.165) is 23.7 Å². The van der Waals surface area contributed by atoms with Crippen LogP contribution in [-0.2, 0) is 23.2 Å². The van der Waals surface area contributed by atoms with Crippen molar-refractivity contribution in [2.75, 3.05) is 0 Å². The van der Waals surface area contributed by atoms with Gasteiger partial charge in [0.25, 0.3) is 0 Å². The van der Waals surface area contributed by atoms with Crippen molar-refractivity contribution in [3.8, 4) is 0 Å². The van der Waals surface area contributed by atoms with Crippen molar-refractivity contribution in [3.63, 3.8) is 0 Å². The van der Waals surface area contributed by atoms with Crippen molar-refractivity contribution in [1.82, 2.24) is 0 Å². The summed E-state index contributed by atoms with van der Waals surface area (Å²) >= 11 is -1.05. The van der Waals surface area contributed by atoms with Crippen molar-refractivity contribution in [1.29, 1.82) is 0 Å². The summed E-state index contributed by atoms with van der Waals surface area (Å²) in [7, 11) is 0. The number of benzene rings is 2. The van der Waals surface area contributed by atoms with Gasteiger partial charge in [0.1, 0.15) is 0 Å². The molecule has 0 aliphatic heterocycles. The summed E-state index contributed by atoms with van der Waals surface area (Å²) < 4.78 is 3.80. The van der Waals surface area contributed by atoms with Gasteiger partial charge < -0.3 is 0 Å². The molecule has 4 aliphatic rings. The van der Waals surface area contributed by atoms with Gasteiger partial charge in [-0.1, -0.05) is 0 Å². The molecule has 0 amide bonds. The van der Waals surface area contributed by atoms with Crippen LogP contribution in [-0.4, -0.2) is 0 Å². The monoisotopic (exact) mass is 640 g/mol. The Morgan fingerprint density at radius 2 is 0.949 bits per heavy atom. The summed E-state index contributed by atoms with van der Waals surface area (Å²) in [6.45, 7) is 15.0. The summed E-state index contributed by atoms with van der Waals surface area (Å²) in [5.74, 6) is 3.41. The van der Waals surface area contributed by atoms with E-state index in [-0.39, 0.29) is 35.6 Å². The summed E-state index contributed by atoms with van der Waals surface area (Å²) in [5.41, 5.74) is 3.50. The van der Waals surface area contributed by atoms with Gasteiger partial charge in [-0.15, -0.1) is 24.8 Å². The smallest absolute Gasteiger partial charge is 0.147 e. The zero-order chi connectivity index (χ0) is 25.9. The largest absolute Gasteiger partial charge is 0.147 e. The zero-order valence-electron chi connectivity index (χ0n) is 24.9. The number of aryl methyl sites for hydroxylation is 2. The Labute approximate surface area is 260 Å². The normalized spacial score (nSPS) is 33.2. The first-order valence-corrected chi connectivity index (χ1v) is 17.6. The first-order chi connectivity index (χ1) is 17.7. The molecule has 2 aromatic rings. The van der Waals surface area contributed by atoms with Gasteiger partial charge in [0, 0.05) is 0 Å². The summed E-state index contributed by atoms with van der Waals surface area (Å²) in [6, 6.07) is 14.2. The molecule has 6 rings (SSSR count). The van der Waals surface area contributed by atoms with Gasteiger partial charge in [-0.2, -0.15) is 0 Å². The van der Waals surface area contributed by atoms with E-state index >= 15 is 0 Å². The van der Waals surface area contributed by atoms with Gasteiger partial charge in [-0.3, -0.25) is 0 Å². The van der Waals surface area contributed by atoms with Gasteiger partial charge in [0.05, 0.1) is 0 Å². The van der Waals surface area contributed by atoms with Crippen LogP contribution in [0.1, 0.15) is 90.2 Å². The average molecular weight is 643 g/mol. The van der Waals surface area contributed by atoms with E-state index in [4.69, 9.17) is 0 Å². The number of hydrogen-bond acceptors (Lipinski definition) is 0. The fourth-order valence-electron chi connectivity index (χ4n) is 8.52. The maximum Gasteiger partial charge on any atom is -0.147 e. The van der Waals surface area contributed by atoms with Crippen LogP contribution in [0, 0.1) is 48.3 Å². The van der Waals surface area contributed by atoms with Crippen LogP contribution in [0.3, 0.4) is 0 Å². The van der Waals surface area contributed by atoms with Gasteiger partial charge >= 0.3 is 238 Å². The predicted octanol–water partition coefficient (Wildman–Crippen LogP) is 7.40. The Kier molecular flexibility index (Phi) is 9.59. The third-order valence-corrected chi connectivity index (χ3v) is 16.2. The van der Waals surface area contributed by atoms with Crippen molar-refractivity contribution < 1.29 is 23.2 Å². The quantitative estimate of drug-likeness (QED) is 0.326.